The minimum Gasteiger partial charge on any atom is -0.478 e. The molecule has 0 aliphatic carbocycles. The van der Waals surface area contributed by atoms with Crippen molar-refractivity contribution in [3.8, 4) is 10.4 Å². The van der Waals surface area contributed by atoms with Crippen molar-refractivity contribution in [1.82, 2.24) is 0 Å². The first-order valence-corrected chi connectivity index (χ1v) is 5.80. The van der Waals surface area contributed by atoms with Crippen LogP contribution in [0, 0.1) is 13.8 Å². The van der Waals surface area contributed by atoms with Gasteiger partial charge in [-0.25, -0.2) is 4.79 Å². The third-order valence-corrected chi connectivity index (χ3v) is 3.51. The van der Waals surface area contributed by atoms with Crippen LogP contribution in [0.5, 0.6) is 0 Å². The van der Waals surface area contributed by atoms with Gasteiger partial charge in [-0.15, -0.1) is 11.3 Å². The zero-order valence-electron chi connectivity index (χ0n) is 9.15. The number of aryl methyl sites for hydroxylation is 2. The van der Waals surface area contributed by atoms with Crippen LogP contribution in [0.4, 0.5) is 0 Å². The number of hydrogen-bond acceptors (Lipinski definition) is 2. The summed E-state index contributed by atoms with van der Waals surface area (Å²) in [6, 6.07) is 9.39. The molecular formula is C13H12O2S. The standard InChI is InChI=1S/C13H12O2S/c1-8-7-10(13(14)15)4-5-11(8)12-6-3-9(2)16-12/h3-7H,1-2H3,(H,14,15). The van der Waals surface area contributed by atoms with Crippen molar-refractivity contribution in [3.63, 3.8) is 0 Å². The van der Waals surface area contributed by atoms with Crippen molar-refractivity contribution in [3.05, 3.63) is 46.3 Å². The average Bonchev–Trinajstić information content (AvgIpc) is 2.64. The van der Waals surface area contributed by atoms with Gasteiger partial charge in [0.15, 0.2) is 0 Å². The summed E-state index contributed by atoms with van der Waals surface area (Å²) in [5.74, 6) is -0.878. The lowest BCUT2D eigenvalue weighted by atomic mass is 10.0. The third kappa shape index (κ3) is 1.99. The van der Waals surface area contributed by atoms with Crippen LogP contribution >= 0.6 is 11.3 Å². The zero-order valence-corrected chi connectivity index (χ0v) is 9.97. The number of rotatable bonds is 2. The number of carboxylic acid groups (broad SMARTS) is 1. The molecule has 1 N–H and O–H groups in total. The predicted molar refractivity (Wildman–Crippen MR) is 66.2 cm³/mol. The fraction of sp³-hybridized carbons (Fsp3) is 0.154. The molecule has 1 aromatic heterocycles. The lowest BCUT2D eigenvalue weighted by Crippen LogP contribution is -1.96. The number of hydrogen-bond donors (Lipinski definition) is 1. The van der Waals surface area contributed by atoms with E-state index in [1.54, 1.807) is 23.5 Å². The van der Waals surface area contributed by atoms with Crippen molar-refractivity contribution in [2.75, 3.05) is 0 Å². The summed E-state index contributed by atoms with van der Waals surface area (Å²) in [5.41, 5.74) is 2.46. The monoisotopic (exact) mass is 232 g/mol. The number of aromatic carboxylic acids is 1. The van der Waals surface area contributed by atoms with Gasteiger partial charge in [0.2, 0.25) is 0 Å². The number of carboxylic acids is 1. The van der Waals surface area contributed by atoms with Gasteiger partial charge in [-0.1, -0.05) is 6.07 Å². The average molecular weight is 232 g/mol. The summed E-state index contributed by atoms with van der Waals surface area (Å²) in [4.78, 5) is 13.3. The second-order valence-corrected chi connectivity index (χ2v) is 5.03. The molecule has 82 valence electrons. The summed E-state index contributed by atoms with van der Waals surface area (Å²) in [6.07, 6.45) is 0. The van der Waals surface area contributed by atoms with Crippen LogP contribution in [-0.4, -0.2) is 11.1 Å². The van der Waals surface area contributed by atoms with Crippen molar-refractivity contribution in [2.24, 2.45) is 0 Å². The van der Waals surface area contributed by atoms with E-state index < -0.39 is 5.97 Å². The molecule has 0 radical (unpaired) electrons. The van der Waals surface area contributed by atoms with E-state index in [2.05, 4.69) is 19.1 Å². The van der Waals surface area contributed by atoms with Gasteiger partial charge in [0.25, 0.3) is 0 Å². The normalized spacial score (nSPS) is 10.4. The fourth-order valence-electron chi connectivity index (χ4n) is 1.65. The molecule has 0 aliphatic rings. The van der Waals surface area contributed by atoms with E-state index in [1.807, 2.05) is 13.0 Å². The first-order chi connectivity index (χ1) is 7.58. The number of benzene rings is 1. The highest BCUT2D eigenvalue weighted by atomic mass is 32.1. The Balaban J connectivity index is 2.47. The molecule has 0 atom stereocenters. The summed E-state index contributed by atoms with van der Waals surface area (Å²) in [5, 5.41) is 8.88. The van der Waals surface area contributed by atoms with E-state index in [9.17, 15) is 4.79 Å². The van der Waals surface area contributed by atoms with E-state index in [-0.39, 0.29) is 0 Å². The van der Waals surface area contributed by atoms with Crippen LogP contribution in [0.2, 0.25) is 0 Å². The molecule has 0 unspecified atom stereocenters. The van der Waals surface area contributed by atoms with Crippen LogP contribution in [0.25, 0.3) is 10.4 Å². The molecule has 0 saturated heterocycles. The lowest BCUT2D eigenvalue weighted by Gasteiger charge is -2.04. The topological polar surface area (TPSA) is 37.3 Å². The zero-order chi connectivity index (χ0) is 11.7. The Labute approximate surface area is 98.2 Å². The van der Waals surface area contributed by atoms with E-state index in [0.717, 1.165) is 11.1 Å². The van der Waals surface area contributed by atoms with E-state index in [1.165, 1.54) is 9.75 Å². The molecule has 0 amide bonds. The molecule has 2 aromatic rings. The molecule has 2 nitrogen and oxygen atoms in total. The van der Waals surface area contributed by atoms with Crippen LogP contribution in [0.3, 0.4) is 0 Å². The highest BCUT2D eigenvalue weighted by Crippen LogP contribution is 2.30. The first-order valence-electron chi connectivity index (χ1n) is 4.98. The molecule has 1 aromatic carbocycles. The largest absolute Gasteiger partial charge is 0.478 e. The first kappa shape index (κ1) is 10.9. The van der Waals surface area contributed by atoms with Gasteiger partial charge in [0, 0.05) is 9.75 Å². The Morgan fingerprint density at radius 2 is 1.94 bits per heavy atom. The molecule has 0 fully saturated rings. The minimum absolute atomic E-state index is 0.342. The van der Waals surface area contributed by atoms with Gasteiger partial charge in [0.05, 0.1) is 5.56 Å². The highest BCUT2D eigenvalue weighted by Gasteiger charge is 2.08. The fourth-order valence-corrected chi connectivity index (χ4v) is 2.61. The Kier molecular flexibility index (Phi) is 2.79. The molecule has 3 heteroatoms. The lowest BCUT2D eigenvalue weighted by molar-refractivity contribution is 0.0697. The van der Waals surface area contributed by atoms with E-state index in [0.29, 0.717) is 5.56 Å². The van der Waals surface area contributed by atoms with E-state index >= 15 is 0 Å². The van der Waals surface area contributed by atoms with Gasteiger partial charge < -0.3 is 5.11 Å². The van der Waals surface area contributed by atoms with Crippen LogP contribution < -0.4 is 0 Å². The summed E-state index contributed by atoms with van der Waals surface area (Å²) >= 11 is 1.72. The van der Waals surface area contributed by atoms with Gasteiger partial charge in [-0.3, -0.25) is 0 Å². The Morgan fingerprint density at radius 3 is 2.44 bits per heavy atom. The molecule has 0 spiro atoms. The van der Waals surface area contributed by atoms with Crippen molar-refractivity contribution in [2.45, 2.75) is 13.8 Å². The Morgan fingerprint density at radius 1 is 1.19 bits per heavy atom. The van der Waals surface area contributed by atoms with Crippen LogP contribution in [0.1, 0.15) is 20.8 Å². The van der Waals surface area contributed by atoms with Crippen molar-refractivity contribution < 1.29 is 9.90 Å². The molecular weight excluding hydrogens is 220 g/mol. The molecule has 0 aliphatic heterocycles. The Hall–Kier alpha value is -1.61. The third-order valence-electron chi connectivity index (χ3n) is 2.48. The SMILES string of the molecule is Cc1ccc(-c2ccc(C(=O)O)cc2C)s1. The maximum absolute atomic E-state index is 10.8. The van der Waals surface area contributed by atoms with Crippen LogP contribution in [-0.2, 0) is 0 Å². The molecule has 0 saturated carbocycles. The molecule has 16 heavy (non-hydrogen) atoms. The van der Waals surface area contributed by atoms with Gasteiger partial charge in [-0.05, 0) is 49.2 Å². The second-order valence-electron chi connectivity index (χ2n) is 3.75. The Bertz CT molecular complexity index is 541. The van der Waals surface area contributed by atoms with Crippen LogP contribution in [0.15, 0.2) is 30.3 Å². The maximum atomic E-state index is 10.8. The smallest absolute Gasteiger partial charge is 0.335 e. The summed E-state index contributed by atoms with van der Waals surface area (Å²) in [6.45, 7) is 4.01. The molecule has 0 bridgehead atoms. The van der Waals surface area contributed by atoms with Gasteiger partial charge >= 0.3 is 5.97 Å². The maximum Gasteiger partial charge on any atom is 0.335 e. The summed E-state index contributed by atoms with van der Waals surface area (Å²) < 4.78 is 0. The highest BCUT2D eigenvalue weighted by molar-refractivity contribution is 7.15. The van der Waals surface area contributed by atoms with Crippen molar-refractivity contribution >= 4 is 17.3 Å². The van der Waals surface area contributed by atoms with Crippen molar-refractivity contribution in [1.29, 1.82) is 0 Å². The van der Waals surface area contributed by atoms with E-state index in [4.69, 9.17) is 5.11 Å². The predicted octanol–water partition coefficient (Wildman–Crippen LogP) is 3.73. The summed E-state index contributed by atoms with van der Waals surface area (Å²) in [7, 11) is 0. The molecule has 2 rings (SSSR count). The van der Waals surface area contributed by atoms with Gasteiger partial charge in [0.1, 0.15) is 0 Å². The van der Waals surface area contributed by atoms with Gasteiger partial charge in [-0.2, -0.15) is 0 Å². The quantitative estimate of drug-likeness (QED) is 0.856. The molecule has 1 heterocycles. The number of thiophene rings is 1. The number of carbonyl (C=O) groups is 1. The minimum atomic E-state index is -0.878. The second kappa shape index (κ2) is 4.10.